The van der Waals surface area contributed by atoms with Crippen LogP contribution in [0.1, 0.15) is 17.7 Å². The van der Waals surface area contributed by atoms with Gasteiger partial charge in [0.05, 0.1) is 5.60 Å². The molecule has 1 fully saturated rings. The predicted molar refractivity (Wildman–Crippen MR) is 94.2 cm³/mol. The molecule has 0 bridgehead atoms. The zero-order valence-electron chi connectivity index (χ0n) is 12.3. The molecule has 1 saturated heterocycles. The van der Waals surface area contributed by atoms with Gasteiger partial charge in [0.2, 0.25) is 0 Å². The average Bonchev–Trinajstić information content (AvgIpc) is 2.97. The molecule has 22 heavy (non-hydrogen) atoms. The lowest BCUT2D eigenvalue weighted by molar-refractivity contribution is -0.0616. The third-order valence-corrected chi connectivity index (χ3v) is 5.63. The van der Waals surface area contributed by atoms with Crippen molar-refractivity contribution in [2.75, 3.05) is 19.8 Å². The maximum atomic E-state index is 10.4. The van der Waals surface area contributed by atoms with Crippen molar-refractivity contribution in [3.8, 4) is 10.4 Å². The molecule has 2 N–H and O–H groups in total. The molecule has 2 heterocycles. The maximum absolute atomic E-state index is 10.4. The van der Waals surface area contributed by atoms with Gasteiger partial charge in [0.1, 0.15) is 0 Å². The van der Waals surface area contributed by atoms with Crippen LogP contribution in [0.4, 0.5) is 0 Å². The van der Waals surface area contributed by atoms with Gasteiger partial charge >= 0.3 is 0 Å². The van der Waals surface area contributed by atoms with E-state index in [1.807, 2.05) is 0 Å². The minimum absolute atomic E-state index is 0.607. The number of rotatable bonds is 5. The van der Waals surface area contributed by atoms with Crippen molar-refractivity contribution < 1.29 is 9.84 Å². The average molecular weight is 382 g/mol. The minimum atomic E-state index is -0.607. The second-order valence-electron chi connectivity index (χ2n) is 5.71. The monoisotopic (exact) mass is 381 g/mol. The van der Waals surface area contributed by atoms with Crippen molar-refractivity contribution in [2.45, 2.75) is 25.0 Å². The summed E-state index contributed by atoms with van der Waals surface area (Å²) in [4.78, 5) is 2.56. The molecule has 1 aromatic carbocycles. The summed E-state index contributed by atoms with van der Waals surface area (Å²) in [5.41, 5.74) is 0.631. The first-order chi connectivity index (χ1) is 10.6. The molecule has 118 valence electrons. The van der Waals surface area contributed by atoms with Crippen LogP contribution < -0.4 is 5.32 Å². The van der Waals surface area contributed by atoms with Gasteiger partial charge in [0.15, 0.2) is 0 Å². The van der Waals surface area contributed by atoms with Gasteiger partial charge in [-0.3, -0.25) is 0 Å². The zero-order valence-corrected chi connectivity index (χ0v) is 14.8. The second-order valence-corrected chi connectivity index (χ2v) is 7.80. The van der Waals surface area contributed by atoms with Crippen molar-refractivity contribution in [3.63, 3.8) is 0 Å². The minimum Gasteiger partial charge on any atom is -0.388 e. The molecule has 0 radical (unpaired) electrons. The van der Waals surface area contributed by atoms with Gasteiger partial charge in [-0.15, -0.1) is 11.3 Å². The number of thiophene rings is 1. The third-order valence-electron chi connectivity index (χ3n) is 3.97. The number of hydrogen-bond donors (Lipinski definition) is 2. The molecular weight excluding hydrogens is 362 g/mol. The molecule has 0 unspecified atom stereocenters. The van der Waals surface area contributed by atoms with Crippen molar-refractivity contribution in [1.82, 2.24) is 5.32 Å². The van der Waals surface area contributed by atoms with E-state index in [1.54, 1.807) is 11.3 Å². The Kier molecular flexibility index (Phi) is 5.31. The van der Waals surface area contributed by atoms with E-state index in [9.17, 15) is 5.11 Å². The van der Waals surface area contributed by atoms with E-state index in [4.69, 9.17) is 4.74 Å². The summed E-state index contributed by atoms with van der Waals surface area (Å²) in [5, 5.41) is 13.8. The lowest BCUT2D eigenvalue weighted by Crippen LogP contribution is -2.44. The molecule has 2 aromatic rings. The Labute approximate surface area is 143 Å². The van der Waals surface area contributed by atoms with Crippen molar-refractivity contribution >= 4 is 27.3 Å². The van der Waals surface area contributed by atoms with E-state index in [1.165, 1.54) is 15.3 Å². The fraction of sp³-hybridized carbons (Fsp3) is 0.412. The summed E-state index contributed by atoms with van der Waals surface area (Å²) < 4.78 is 6.40. The summed E-state index contributed by atoms with van der Waals surface area (Å²) in [7, 11) is 0. The van der Waals surface area contributed by atoms with E-state index in [2.05, 4.69) is 57.6 Å². The van der Waals surface area contributed by atoms with Gasteiger partial charge in [-0.1, -0.05) is 28.1 Å². The first-order valence-electron chi connectivity index (χ1n) is 7.50. The van der Waals surface area contributed by atoms with Crippen LogP contribution in [0.3, 0.4) is 0 Å². The largest absolute Gasteiger partial charge is 0.388 e. The van der Waals surface area contributed by atoms with Crippen LogP contribution in [0, 0.1) is 0 Å². The van der Waals surface area contributed by atoms with E-state index in [0.717, 1.165) is 11.0 Å². The number of aliphatic hydroxyl groups is 1. The molecule has 0 saturated carbocycles. The second kappa shape index (κ2) is 7.23. The van der Waals surface area contributed by atoms with Crippen LogP contribution in [0.15, 0.2) is 40.9 Å². The van der Waals surface area contributed by atoms with Crippen LogP contribution in [-0.4, -0.2) is 30.5 Å². The topological polar surface area (TPSA) is 41.5 Å². The summed E-state index contributed by atoms with van der Waals surface area (Å²) in [6, 6.07) is 12.7. The molecule has 0 spiro atoms. The first-order valence-corrected chi connectivity index (χ1v) is 9.11. The van der Waals surface area contributed by atoms with Gasteiger partial charge in [0.25, 0.3) is 0 Å². The molecule has 1 aromatic heterocycles. The first kappa shape index (κ1) is 16.1. The zero-order chi connectivity index (χ0) is 15.4. The van der Waals surface area contributed by atoms with Crippen LogP contribution in [0.25, 0.3) is 10.4 Å². The number of benzene rings is 1. The molecule has 0 amide bonds. The number of hydrogen-bond acceptors (Lipinski definition) is 4. The van der Waals surface area contributed by atoms with Crippen molar-refractivity contribution in [3.05, 3.63) is 45.7 Å². The van der Waals surface area contributed by atoms with Gasteiger partial charge < -0.3 is 15.2 Å². The van der Waals surface area contributed by atoms with Gasteiger partial charge in [-0.25, -0.2) is 0 Å². The molecule has 1 aliphatic heterocycles. The highest BCUT2D eigenvalue weighted by Gasteiger charge is 2.29. The normalized spacial score (nSPS) is 17.5. The highest BCUT2D eigenvalue weighted by atomic mass is 79.9. The van der Waals surface area contributed by atoms with Gasteiger partial charge in [-0.2, -0.15) is 0 Å². The Balaban J connectivity index is 1.54. The lowest BCUT2D eigenvalue weighted by atomic mass is 9.94. The van der Waals surface area contributed by atoms with Crippen molar-refractivity contribution in [1.29, 1.82) is 0 Å². The fourth-order valence-corrected chi connectivity index (χ4v) is 3.84. The SMILES string of the molecule is OC1(CNCc2ccc(-c3ccc(Br)cc3)s2)CCOCC1. The summed E-state index contributed by atoms with van der Waals surface area (Å²) in [6.07, 6.45) is 1.43. The smallest absolute Gasteiger partial charge is 0.0815 e. The molecular formula is C17H20BrNO2S. The number of nitrogens with one attached hydrogen (secondary N) is 1. The molecule has 3 rings (SSSR count). The molecule has 0 atom stereocenters. The van der Waals surface area contributed by atoms with Crippen LogP contribution >= 0.6 is 27.3 Å². The van der Waals surface area contributed by atoms with E-state index in [-0.39, 0.29) is 0 Å². The molecule has 3 nitrogen and oxygen atoms in total. The Hall–Kier alpha value is -0.720. The highest BCUT2D eigenvalue weighted by molar-refractivity contribution is 9.10. The molecule has 5 heteroatoms. The Morgan fingerprint density at radius 2 is 1.86 bits per heavy atom. The quantitative estimate of drug-likeness (QED) is 0.827. The van der Waals surface area contributed by atoms with Crippen LogP contribution in [0.5, 0.6) is 0 Å². The molecule has 1 aliphatic rings. The molecule has 0 aliphatic carbocycles. The lowest BCUT2D eigenvalue weighted by Gasteiger charge is -2.32. The van der Waals surface area contributed by atoms with E-state index < -0.39 is 5.60 Å². The Bertz CT molecular complexity index is 605. The predicted octanol–water partition coefficient (Wildman–Crippen LogP) is 3.81. The van der Waals surface area contributed by atoms with Crippen molar-refractivity contribution in [2.24, 2.45) is 0 Å². The van der Waals surface area contributed by atoms with Gasteiger partial charge in [0, 0.05) is 53.4 Å². The maximum Gasteiger partial charge on any atom is 0.0815 e. The number of ether oxygens (including phenoxy) is 1. The van der Waals surface area contributed by atoms with Crippen LogP contribution in [-0.2, 0) is 11.3 Å². The summed E-state index contributed by atoms with van der Waals surface area (Å²) in [6.45, 7) is 2.74. The summed E-state index contributed by atoms with van der Waals surface area (Å²) >= 11 is 5.25. The van der Waals surface area contributed by atoms with E-state index in [0.29, 0.717) is 32.6 Å². The number of halogens is 1. The van der Waals surface area contributed by atoms with Gasteiger partial charge in [-0.05, 0) is 29.8 Å². The van der Waals surface area contributed by atoms with Crippen LogP contribution in [0.2, 0.25) is 0 Å². The summed E-state index contributed by atoms with van der Waals surface area (Å²) in [5.74, 6) is 0. The standard InChI is InChI=1S/C17H20BrNO2S/c18-14-3-1-13(2-4-14)16-6-5-15(22-16)11-19-12-17(20)7-9-21-10-8-17/h1-6,19-20H,7-12H2. The third kappa shape index (κ3) is 4.18. The fourth-order valence-electron chi connectivity index (χ4n) is 2.59. The highest BCUT2D eigenvalue weighted by Crippen LogP contribution is 2.29. The Morgan fingerprint density at radius 3 is 2.59 bits per heavy atom. The van der Waals surface area contributed by atoms with E-state index >= 15 is 0 Å². The Morgan fingerprint density at radius 1 is 1.14 bits per heavy atom.